The van der Waals surface area contributed by atoms with Crippen LogP contribution in [-0.2, 0) is 13.0 Å². The van der Waals surface area contributed by atoms with Crippen LogP contribution >= 0.6 is 11.3 Å². The number of hydrogen-bond donors (Lipinski definition) is 1. The third kappa shape index (κ3) is 2.78. The second-order valence-corrected chi connectivity index (χ2v) is 4.80. The van der Waals surface area contributed by atoms with E-state index in [9.17, 15) is 4.79 Å². The Labute approximate surface area is 104 Å². The first-order chi connectivity index (χ1) is 8.20. The van der Waals surface area contributed by atoms with Crippen LogP contribution in [0.3, 0.4) is 0 Å². The van der Waals surface area contributed by atoms with E-state index in [0.29, 0.717) is 18.7 Å². The largest absolute Gasteiger partial charge is 0.325 e. The maximum atomic E-state index is 12.0. The lowest BCUT2D eigenvalue weighted by molar-refractivity contribution is 0.0988. The van der Waals surface area contributed by atoms with E-state index in [1.54, 1.807) is 5.38 Å². The lowest BCUT2D eigenvalue weighted by atomic mass is 10.0. The normalized spacial score (nSPS) is 10.5. The fourth-order valence-corrected chi connectivity index (χ4v) is 2.28. The van der Waals surface area contributed by atoms with Gasteiger partial charge in [-0.1, -0.05) is 24.3 Å². The molecule has 3 nitrogen and oxygen atoms in total. The van der Waals surface area contributed by atoms with E-state index >= 15 is 0 Å². The summed E-state index contributed by atoms with van der Waals surface area (Å²) >= 11 is 1.44. The summed E-state index contributed by atoms with van der Waals surface area (Å²) in [4.78, 5) is 16.2. The van der Waals surface area contributed by atoms with Gasteiger partial charge in [0, 0.05) is 18.3 Å². The van der Waals surface area contributed by atoms with Crippen molar-refractivity contribution in [3.05, 3.63) is 51.5 Å². The van der Waals surface area contributed by atoms with Gasteiger partial charge in [-0.25, -0.2) is 4.98 Å². The molecule has 0 radical (unpaired) electrons. The molecule has 0 saturated carbocycles. The molecule has 2 rings (SSSR count). The summed E-state index contributed by atoms with van der Waals surface area (Å²) in [5, 5.41) is 2.58. The Bertz CT molecular complexity index is 534. The molecule has 0 amide bonds. The van der Waals surface area contributed by atoms with Crippen molar-refractivity contribution in [3.63, 3.8) is 0 Å². The van der Waals surface area contributed by atoms with Crippen molar-refractivity contribution in [1.29, 1.82) is 0 Å². The summed E-state index contributed by atoms with van der Waals surface area (Å²) in [5.74, 6) is 0.0512. The van der Waals surface area contributed by atoms with Gasteiger partial charge in [0.15, 0.2) is 5.78 Å². The van der Waals surface area contributed by atoms with Gasteiger partial charge in [-0.05, 0) is 18.1 Å². The maximum absolute atomic E-state index is 12.0. The third-order valence-corrected chi connectivity index (χ3v) is 3.50. The van der Waals surface area contributed by atoms with E-state index in [1.807, 2.05) is 31.2 Å². The van der Waals surface area contributed by atoms with Crippen LogP contribution in [0, 0.1) is 6.92 Å². The summed E-state index contributed by atoms with van der Waals surface area (Å²) < 4.78 is 0. The molecule has 2 N–H and O–H groups in total. The van der Waals surface area contributed by atoms with Gasteiger partial charge in [-0.15, -0.1) is 11.3 Å². The van der Waals surface area contributed by atoms with Crippen LogP contribution in [0.2, 0.25) is 0 Å². The number of benzene rings is 1. The smallest absolute Gasteiger partial charge is 0.186 e. The summed E-state index contributed by atoms with van der Waals surface area (Å²) in [6.07, 6.45) is 0.403. The lowest BCUT2D eigenvalue weighted by Gasteiger charge is -2.02. The number of carbonyl (C=O) groups is 1. The molecule has 1 aromatic heterocycles. The quantitative estimate of drug-likeness (QED) is 0.842. The molecule has 0 saturated heterocycles. The van der Waals surface area contributed by atoms with Crippen LogP contribution in [0.25, 0.3) is 0 Å². The zero-order valence-corrected chi connectivity index (χ0v) is 10.5. The van der Waals surface area contributed by atoms with Crippen molar-refractivity contribution in [1.82, 2.24) is 4.98 Å². The topological polar surface area (TPSA) is 56.0 Å². The van der Waals surface area contributed by atoms with Crippen molar-refractivity contribution < 1.29 is 4.79 Å². The number of nitrogens with two attached hydrogens (primary N) is 1. The molecule has 0 unspecified atom stereocenters. The van der Waals surface area contributed by atoms with Crippen molar-refractivity contribution in [2.45, 2.75) is 19.9 Å². The molecule has 0 spiro atoms. The second kappa shape index (κ2) is 5.21. The van der Waals surface area contributed by atoms with Crippen LogP contribution in [0.4, 0.5) is 0 Å². The number of ketones is 1. The van der Waals surface area contributed by atoms with Crippen LogP contribution in [0.15, 0.2) is 29.6 Å². The number of Topliss-reactive ketones (excluding diaryl/α,β-unsaturated/α-hetero) is 1. The maximum Gasteiger partial charge on any atom is 0.186 e. The highest BCUT2D eigenvalue weighted by molar-refractivity contribution is 7.09. The molecule has 2 aromatic rings. The Kier molecular flexibility index (Phi) is 3.66. The first-order valence-corrected chi connectivity index (χ1v) is 6.31. The minimum Gasteiger partial charge on any atom is -0.325 e. The Morgan fingerprint density at radius 2 is 2.18 bits per heavy atom. The SMILES string of the molecule is Cc1ccccc1CC(=O)c1csc(CN)n1. The standard InChI is InChI=1S/C13H14N2OS/c1-9-4-2-3-5-10(9)6-12(16)11-8-17-13(7-14)15-11/h2-5,8H,6-7,14H2,1H3. The van der Waals surface area contributed by atoms with Crippen molar-refractivity contribution >= 4 is 17.1 Å². The molecule has 1 heterocycles. The molecular formula is C13H14N2OS. The molecule has 0 atom stereocenters. The summed E-state index contributed by atoms with van der Waals surface area (Å²) in [7, 11) is 0. The van der Waals surface area contributed by atoms with Crippen LogP contribution in [0.1, 0.15) is 26.6 Å². The Hall–Kier alpha value is -1.52. The van der Waals surface area contributed by atoms with Gasteiger partial charge in [0.1, 0.15) is 10.7 Å². The number of thiazole rings is 1. The molecule has 17 heavy (non-hydrogen) atoms. The van der Waals surface area contributed by atoms with E-state index in [-0.39, 0.29) is 5.78 Å². The lowest BCUT2D eigenvalue weighted by Crippen LogP contribution is -2.06. The molecule has 0 aliphatic heterocycles. The molecule has 0 bridgehead atoms. The molecule has 0 aliphatic rings. The van der Waals surface area contributed by atoms with Gasteiger partial charge in [0.2, 0.25) is 0 Å². The highest BCUT2D eigenvalue weighted by Gasteiger charge is 2.11. The van der Waals surface area contributed by atoms with Crippen molar-refractivity contribution in [2.24, 2.45) is 5.73 Å². The zero-order valence-electron chi connectivity index (χ0n) is 9.64. The van der Waals surface area contributed by atoms with E-state index in [1.165, 1.54) is 11.3 Å². The fraction of sp³-hybridized carbons (Fsp3) is 0.231. The average Bonchev–Trinajstić information content (AvgIpc) is 2.81. The number of aromatic nitrogens is 1. The third-order valence-electron chi connectivity index (χ3n) is 2.62. The van der Waals surface area contributed by atoms with E-state index in [0.717, 1.165) is 16.1 Å². The van der Waals surface area contributed by atoms with Crippen LogP contribution in [-0.4, -0.2) is 10.8 Å². The molecule has 1 aromatic carbocycles. The monoisotopic (exact) mass is 246 g/mol. The van der Waals surface area contributed by atoms with Gasteiger partial charge in [0.25, 0.3) is 0 Å². The predicted molar refractivity (Wildman–Crippen MR) is 69.2 cm³/mol. The van der Waals surface area contributed by atoms with Crippen molar-refractivity contribution in [2.75, 3.05) is 0 Å². The number of hydrogen-bond acceptors (Lipinski definition) is 4. The molecule has 0 fully saturated rings. The highest BCUT2D eigenvalue weighted by Crippen LogP contribution is 2.14. The summed E-state index contributed by atoms with van der Waals surface area (Å²) in [6, 6.07) is 7.90. The first kappa shape index (κ1) is 12.0. The van der Waals surface area contributed by atoms with E-state index in [4.69, 9.17) is 5.73 Å². The van der Waals surface area contributed by atoms with Gasteiger partial charge >= 0.3 is 0 Å². The Morgan fingerprint density at radius 1 is 1.41 bits per heavy atom. The minimum atomic E-state index is 0.0512. The highest BCUT2D eigenvalue weighted by atomic mass is 32.1. The second-order valence-electron chi connectivity index (χ2n) is 3.86. The van der Waals surface area contributed by atoms with Gasteiger partial charge in [-0.3, -0.25) is 4.79 Å². The molecule has 4 heteroatoms. The zero-order chi connectivity index (χ0) is 12.3. The Balaban J connectivity index is 2.14. The van der Waals surface area contributed by atoms with E-state index in [2.05, 4.69) is 4.98 Å². The average molecular weight is 246 g/mol. The molecule has 88 valence electrons. The fourth-order valence-electron chi connectivity index (χ4n) is 1.60. The van der Waals surface area contributed by atoms with Crippen LogP contribution in [0.5, 0.6) is 0 Å². The number of carbonyl (C=O) groups excluding carboxylic acids is 1. The van der Waals surface area contributed by atoms with Crippen molar-refractivity contribution in [3.8, 4) is 0 Å². The molecule has 0 aliphatic carbocycles. The van der Waals surface area contributed by atoms with Gasteiger partial charge in [0.05, 0.1) is 0 Å². The minimum absolute atomic E-state index is 0.0512. The number of aryl methyl sites for hydroxylation is 1. The number of nitrogens with zero attached hydrogens (tertiary/aromatic N) is 1. The van der Waals surface area contributed by atoms with E-state index < -0.39 is 0 Å². The Morgan fingerprint density at radius 3 is 2.82 bits per heavy atom. The predicted octanol–water partition coefficient (Wildman–Crippen LogP) is 2.34. The summed E-state index contributed by atoms with van der Waals surface area (Å²) in [6.45, 7) is 2.40. The first-order valence-electron chi connectivity index (χ1n) is 5.43. The van der Waals surface area contributed by atoms with Gasteiger partial charge in [-0.2, -0.15) is 0 Å². The summed E-state index contributed by atoms with van der Waals surface area (Å²) in [5.41, 5.74) is 8.19. The van der Waals surface area contributed by atoms with Crippen LogP contribution < -0.4 is 5.73 Å². The van der Waals surface area contributed by atoms with Gasteiger partial charge < -0.3 is 5.73 Å². The number of rotatable bonds is 4. The molecular weight excluding hydrogens is 232 g/mol.